The number of ether oxygens (including phenoxy) is 1. The number of anilines is 1. The summed E-state index contributed by atoms with van der Waals surface area (Å²) in [5.41, 5.74) is 2.36. The van der Waals surface area contributed by atoms with Crippen molar-refractivity contribution in [3.05, 3.63) is 28.8 Å². The molecular weight excluding hydrogens is 264 g/mol. The van der Waals surface area contributed by atoms with Crippen LogP contribution in [0, 0.1) is 6.92 Å². The van der Waals surface area contributed by atoms with Gasteiger partial charge in [0.15, 0.2) is 0 Å². The van der Waals surface area contributed by atoms with Gasteiger partial charge in [-0.15, -0.1) is 0 Å². The quantitative estimate of drug-likeness (QED) is 0.799. The number of nitrogens with zero attached hydrogens (tertiary/aromatic N) is 2. The fourth-order valence-electron chi connectivity index (χ4n) is 2.06. The number of hydrogen-bond donors (Lipinski definition) is 0. The molecule has 0 saturated heterocycles. The van der Waals surface area contributed by atoms with Crippen molar-refractivity contribution in [3.63, 3.8) is 0 Å². The molecule has 4 nitrogen and oxygen atoms in total. The highest BCUT2D eigenvalue weighted by Gasteiger charge is 2.29. The molecule has 1 aliphatic heterocycles. The highest BCUT2D eigenvalue weighted by Crippen LogP contribution is 2.32. The van der Waals surface area contributed by atoms with Crippen molar-refractivity contribution in [1.82, 2.24) is 0 Å². The van der Waals surface area contributed by atoms with Crippen molar-refractivity contribution in [1.29, 1.82) is 0 Å². The van der Waals surface area contributed by atoms with Crippen molar-refractivity contribution in [2.75, 3.05) is 11.6 Å². The van der Waals surface area contributed by atoms with Crippen molar-refractivity contribution < 1.29 is 9.53 Å². The van der Waals surface area contributed by atoms with Gasteiger partial charge in [-0.25, -0.2) is 4.79 Å². The summed E-state index contributed by atoms with van der Waals surface area (Å²) in [6, 6.07) is 5.89. The minimum Gasteiger partial charge on any atom is -0.461 e. The number of esters is 1. The molecule has 0 bridgehead atoms. The van der Waals surface area contributed by atoms with E-state index in [0.29, 0.717) is 23.8 Å². The first-order chi connectivity index (χ1) is 9.02. The zero-order valence-electron chi connectivity index (χ0n) is 11.3. The fraction of sp³-hybridized carbons (Fsp3) is 0.429. The number of benzene rings is 1. The van der Waals surface area contributed by atoms with Gasteiger partial charge in [-0.1, -0.05) is 17.7 Å². The lowest BCUT2D eigenvalue weighted by Crippen LogP contribution is -2.23. The largest absolute Gasteiger partial charge is 0.461 e. The lowest BCUT2D eigenvalue weighted by Gasteiger charge is -2.21. The number of halogens is 1. The van der Waals surface area contributed by atoms with Gasteiger partial charge in [0, 0.05) is 6.42 Å². The summed E-state index contributed by atoms with van der Waals surface area (Å²) in [5, 5.41) is 6.76. The minimum absolute atomic E-state index is 0.0969. The molecule has 0 N–H and O–H groups in total. The molecule has 1 unspecified atom stereocenters. The predicted molar refractivity (Wildman–Crippen MR) is 76.8 cm³/mol. The molecule has 1 aromatic rings. The predicted octanol–water partition coefficient (Wildman–Crippen LogP) is 3.17. The second-order valence-electron chi connectivity index (χ2n) is 4.62. The van der Waals surface area contributed by atoms with Gasteiger partial charge in [0.1, 0.15) is 5.71 Å². The first-order valence-electron chi connectivity index (χ1n) is 6.33. The molecule has 19 heavy (non-hydrogen) atoms. The van der Waals surface area contributed by atoms with Crippen LogP contribution in [-0.2, 0) is 9.53 Å². The zero-order chi connectivity index (χ0) is 14.0. The average molecular weight is 281 g/mol. The summed E-state index contributed by atoms with van der Waals surface area (Å²) in [7, 11) is 0. The third-order valence-corrected chi connectivity index (χ3v) is 3.30. The number of carbonyl (C=O) groups is 1. The van der Waals surface area contributed by atoms with Crippen LogP contribution in [0.2, 0.25) is 5.02 Å². The molecular formula is C14H17ClN2O2. The molecule has 0 amide bonds. The summed E-state index contributed by atoms with van der Waals surface area (Å²) >= 11 is 6.24. The topological polar surface area (TPSA) is 41.9 Å². The van der Waals surface area contributed by atoms with Crippen molar-refractivity contribution in [3.8, 4) is 0 Å². The second-order valence-corrected chi connectivity index (χ2v) is 5.03. The van der Waals surface area contributed by atoms with E-state index in [0.717, 1.165) is 11.3 Å². The van der Waals surface area contributed by atoms with Gasteiger partial charge in [0.05, 0.1) is 23.4 Å². The average Bonchev–Trinajstić information content (AvgIpc) is 2.72. The Bertz CT molecular complexity index is 528. The van der Waals surface area contributed by atoms with E-state index >= 15 is 0 Å². The van der Waals surface area contributed by atoms with E-state index in [1.807, 2.05) is 32.0 Å². The van der Waals surface area contributed by atoms with Gasteiger partial charge >= 0.3 is 5.97 Å². The maximum Gasteiger partial charge on any atom is 0.354 e. The van der Waals surface area contributed by atoms with E-state index in [-0.39, 0.29) is 12.0 Å². The van der Waals surface area contributed by atoms with Crippen LogP contribution in [0.4, 0.5) is 5.69 Å². The maximum atomic E-state index is 11.7. The van der Waals surface area contributed by atoms with Crippen LogP contribution < -0.4 is 5.01 Å². The van der Waals surface area contributed by atoms with E-state index in [2.05, 4.69) is 5.10 Å². The molecule has 0 aliphatic carbocycles. The summed E-state index contributed by atoms with van der Waals surface area (Å²) in [4.78, 5) is 11.7. The van der Waals surface area contributed by atoms with Crippen LogP contribution in [0.15, 0.2) is 23.3 Å². The molecule has 1 aliphatic rings. The van der Waals surface area contributed by atoms with E-state index < -0.39 is 0 Å². The van der Waals surface area contributed by atoms with E-state index in [4.69, 9.17) is 16.3 Å². The van der Waals surface area contributed by atoms with Gasteiger partial charge in [-0.3, -0.25) is 5.01 Å². The Morgan fingerprint density at radius 1 is 1.58 bits per heavy atom. The van der Waals surface area contributed by atoms with Crippen LogP contribution in [-0.4, -0.2) is 24.3 Å². The Hall–Kier alpha value is -1.55. The van der Waals surface area contributed by atoms with E-state index in [1.54, 1.807) is 11.9 Å². The molecule has 102 valence electrons. The van der Waals surface area contributed by atoms with Gasteiger partial charge in [0.2, 0.25) is 0 Å². The highest BCUT2D eigenvalue weighted by atomic mass is 35.5. The highest BCUT2D eigenvalue weighted by molar-refractivity contribution is 6.37. The molecule has 5 heteroatoms. The van der Waals surface area contributed by atoms with Gasteiger partial charge < -0.3 is 4.74 Å². The first kappa shape index (κ1) is 13.9. The van der Waals surface area contributed by atoms with E-state index in [9.17, 15) is 4.79 Å². The number of carbonyl (C=O) groups excluding carboxylic acids is 1. The SMILES string of the molecule is CCOC(=O)C1=NN(c2ccc(C)cc2Cl)C(C)C1. The summed E-state index contributed by atoms with van der Waals surface area (Å²) in [6.07, 6.45) is 0.572. The van der Waals surface area contributed by atoms with Crippen molar-refractivity contribution >= 4 is 29.0 Å². The Balaban J connectivity index is 2.27. The molecule has 1 atom stereocenters. The summed E-state index contributed by atoms with van der Waals surface area (Å²) in [5.74, 6) is -0.347. The maximum absolute atomic E-state index is 11.7. The number of hydrazone groups is 1. The minimum atomic E-state index is -0.347. The van der Waals surface area contributed by atoms with E-state index in [1.165, 1.54) is 0 Å². The number of rotatable bonds is 3. The van der Waals surface area contributed by atoms with Crippen LogP contribution >= 0.6 is 11.6 Å². The van der Waals surface area contributed by atoms with Crippen molar-refractivity contribution in [2.24, 2.45) is 5.10 Å². The monoisotopic (exact) mass is 280 g/mol. The zero-order valence-corrected chi connectivity index (χ0v) is 12.1. The van der Waals surface area contributed by atoms with Crippen molar-refractivity contribution in [2.45, 2.75) is 33.2 Å². The molecule has 1 aromatic carbocycles. The summed E-state index contributed by atoms with van der Waals surface area (Å²) in [6.45, 7) is 6.13. The second kappa shape index (κ2) is 5.61. The molecule has 0 saturated carbocycles. The normalized spacial score (nSPS) is 18.4. The Kier molecular flexibility index (Phi) is 4.10. The summed E-state index contributed by atoms with van der Waals surface area (Å²) < 4.78 is 4.98. The van der Waals surface area contributed by atoms with Crippen LogP contribution in [0.3, 0.4) is 0 Å². The lowest BCUT2D eigenvalue weighted by molar-refractivity contribution is -0.135. The molecule has 0 aromatic heterocycles. The smallest absolute Gasteiger partial charge is 0.354 e. The first-order valence-corrected chi connectivity index (χ1v) is 6.70. The number of aryl methyl sites for hydroxylation is 1. The van der Waals surface area contributed by atoms with Gasteiger partial charge in [0.25, 0.3) is 0 Å². The van der Waals surface area contributed by atoms with Crippen LogP contribution in [0.5, 0.6) is 0 Å². The molecule has 1 heterocycles. The Morgan fingerprint density at radius 3 is 2.95 bits per heavy atom. The third kappa shape index (κ3) is 2.89. The Labute approximate surface area is 118 Å². The molecule has 0 spiro atoms. The molecule has 0 radical (unpaired) electrons. The molecule has 2 rings (SSSR count). The standard InChI is InChI=1S/C14H17ClN2O2/c1-4-19-14(18)12-8-10(3)17(16-12)13-6-5-9(2)7-11(13)15/h5-7,10H,4,8H2,1-3H3. The fourth-order valence-corrected chi connectivity index (χ4v) is 2.38. The van der Waals surface area contributed by atoms with Gasteiger partial charge in [-0.05, 0) is 38.5 Å². The van der Waals surface area contributed by atoms with Crippen LogP contribution in [0.25, 0.3) is 0 Å². The number of hydrogen-bond acceptors (Lipinski definition) is 4. The van der Waals surface area contributed by atoms with Crippen LogP contribution in [0.1, 0.15) is 25.8 Å². The van der Waals surface area contributed by atoms with Gasteiger partial charge in [-0.2, -0.15) is 5.10 Å². The molecule has 0 fully saturated rings. The third-order valence-electron chi connectivity index (χ3n) is 3.00. The lowest BCUT2D eigenvalue weighted by atomic mass is 10.1. The Morgan fingerprint density at radius 2 is 2.32 bits per heavy atom.